The third-order valence-corrected chi connectivity index (χ3v) is 9.20. The van der Waals surface area contributed by atoms with Crippen molar-refractivity contribution in [1.82, 2.24) is 0 Å². The molecule has 2 aliphatic carbocycles. The highest BCUT2D eigenvalue weighted by molar-refractivity contribution is 5.88. The first-order valence-corrected chi connectivity index (χ1v) is 13.5. The zero-order chi connectivity index (χ0) is 28.2. The second-order valence-corrected chi connectivity index (χ2v) is 11.7. The minimum atomic E-state index is -1.39. The highest BCUT2D eigenvalue weighted by atomic mass is 16.7. The highest BCUT2D eigenvalue weighted by Crippen LogP contribution is 2.65. The zero-order valence-corrected chi connectivity index (χ0v) is 23.3. The minimum absolute atomic E-state index is 0.173. The van der Waals surface area contributed by atoms with Crippen LogP contribution in [0.2, 0.25) is 0 Å². The molecular formula is C28H40O10. The van der Waals surface area contributed by atoms with E-state index < -0.39 is 76.9 Å². The first-order valence-electron chi connectivity index (χ1n) is 13.5. The molecule has 0 aromatic rings. The smallest absolute Gasteiger partial charge is 0.342 e. The summed E-state index contributed by atoms with van der Waals surface area (Å²) in [5, 5.41) is 12.3. The average Bonchev–Trinajstić information content (AvgIpc) is 3.40. The van der Waals surface area contributed by atoms with Crippen LogP contribution in [0.25, 0.3) is 0 Å². The molecule has 4 rings (SSSR count). The monoisotopic (exact) mass is 536 g/mol. The number of fused-ring (bicyclic) bond motifs is 1. The second kappa shape index (κ2) is 9.93. The molecule has 10 nitrogen and oxygen atoms in total. The van der Waals surface area contributed by atoms with Crippen LogP contribution in [0.15, 0.2) is 11.6 Å². The van der Waals surface area contributed by atoms with Crippen molar-refractivity contribution in [2.24, 2.45) is 17.3 Å². The number of carbonyl (C=O) groups excluding carboxylic acids is 4. The lowest BCUT2D eigenvalue weighted by Crippen LogP contribution is -2.65. The number of aliphatic hydroxyl groups excluding tert-OH is 1. The van der Waals surface area contributed by atoms with Crippen LogP contribution in [-0.2, 0) is 42.9 Å². The molecular weight excluding hydrogens is 496 g/mol. The van der Waals surface area contributed by atoms with Crippen molar-refractivity contribution in [3.63, 3.8) is 0 Å². The van der Waals surface area contributed by atoms with Crippen LogP contribution in [-0.4, -0.2) is 70.7 Å². The number of hydrogen-bond donors (Lipinski definition) is 1. The number of rotatable bonds is 5. The second-order valence-electron chi connectivity index (χ2n) is 11.7. The van der Waals surface area contributed by atoms with E-state index in [1.165, 1.54) is 13.8 Å². The summed E-state index contributed by atoms with van der Waals surface area (Å²) in [6, 6.07) is 0. The van der Waals surface area contributed by atoms with E-state index in [1.54, 1.807) is 13.0 Å². The molecule has 0 radical (unpaired) electrons. The molecule has 0 amide bonds. The highest BCUT2D eigenvalue weighted by Gasteiger charge is 2.86. The van der Waals surface area contributed by atoms with Gasteiger partial charge in [-0.2, -0.15) is 0 Å². The van der Waals surface area contributed by atoms with Crippen molar-refractivity contribution < 1.29 is 48.0 Å². The summed E-state index contributed by atoms with van der Waals surface area (Å²) in [6.07, 6.45) is -0.751. The molecule has 2 saturated heterocycles. The van der Waals surface area contributed by atoms with Crippen LogP contribution in [0.3, 0.4) is 0 Å². The molecule has 2 aliphatic heterocycles. The molecule has 3 fully saturated rings. The van der Waals surface area contributed by atoms with Crippen LogP contribution < -0.4 is 0 Å². The Hall–Kier alpha value is -2.46. The number of epoxide rings is 1. The molecule has 10 atom stereocenters. The van der Waals surface area contributed by atoms with Crippen molar-refractivity contribution in [3.8, 4) is 0 Å². The van der Waals surface area contributed by atoms with E-state index in [0.717, 1.165) is 5.57 Å². The molecule has 4 aliphatic rings. The molecule has 1 spiro atoms. The molecule has 1 saturated carbocycles. The van der Waals surface area contributed by atoms with Crippen LogP contribution in [0.5, 0.6) is 0 Å². The predicted octanol–water partition coefficient (Wildman–Crippen LogP) is 2.78. The van der Waals surface area contributed by atoms with Gasteiger partial charge in [-0.15, -0.1) is 0 Å². The van der Waals surface area contributed by atoms with Crippen molar-refractivity contribution in [1.29, 1.82) is 0 Å². The standard InChI is InChI=1S/C28H40O10/c1-8-9-22(31)36-18-13-20(35-17(5)30)26(6)19(34-16(4)29)11-10-14(2)12-21-28(24(32)23(26)15(18)3)27(7,38-28)25(33)37-21/h12,15,18-21,23-24,32H,8-11,13H2,1-7H3/b14-12+/t15-,18-,19-,20?,21-,23+,24-,26-,27-,28-/m0/s1. The van der Waals surface area contributed by atoms with Crippen molar-refractivity contribution in [3.05, 3.63) is 11.6 Å². The van der Waals surface area contributed by atoms with Gasteiger partial charge in [-0.25, -0.2) is 4.79 Å². The fourth-order valence-corrected chi connectivity index (χ4v) is 7.20. The van der Waals surface area contributed by atoms with Crippen LogP contribution in [0.1, 0.15) is 80.6 Å². The van der Waals surface area contributed by atoms with Gasteiger partial charge in [0.15, 0.2) is 17.3 Å². The summed E-state index contributed by atoms with van der Waals surface area (Å²) in [5.74, 6) is -3.23. The Morgan fingerprint density at radius 1 is 1.11 bits per heavy atom. The van der Waals surface area contributed by atoms with Gasteiger partial charge in [0, 0.05) is 38.0 Å². The van der Waals surface area contributed by atoms with Gasteiger partial charge in [-0.3, -0.25) is 14.4 Å². The maximum Gasteiger partial charge on any atom is 0.342 e. The summed E-state index contributed by atoms with van der Waals surface area (Å²) in [6.45, 7) is 11.7. The van der Waals surface area contributed by atoms with E-state index in [9.17, 15) is 24.3 Å². The number of esters is 4. The average molecular weight is 537 g/mol. The van der Waals surface area contributed by atoms with E-state index in [2.05, 4.69) is 0 Å². The molecule has 1 N–H and O–H groups in total. The van der Waals surface area contributed by atoms with Crippen LogP contribution in [0, 0.1) is 17.3 Å². The van der Waals surface area contributed by atoms with E-state index in [1.807, 2.05) is 27.7 Å². The maximum atomic E-state index is 12.9. The fourth-order valence-electron chi connectivity index (χ4n) is 7.20. The summed E-state index contributed by atoms with van der Waals surface area (Å²) < 4.78 is 29.4. The van der Waals surface area contributed by atoms with Crippen molar-refractivity contribution in [2.75, 3.05) is 0 Å². The van der Waals surface area contributed by atoms with E-state index >= 15 is 0 Å². The van der Waals surface area contributed by atoms with Gasteiger partial charge in [-0.05, 0) is 45.1 Å². The predicted molar refractivity (Wildman–Crippen MR) is 132 cm³/mol. The largest absolute Gasteiger partial charge is 0.462 e. The third kappa shape index (κ3) is 4.33. The van der Waals surface area contributed by atoms with E-state index in [4.69, 9.17) is 23.7 Å². The molecule has 1 unspecified atom stereocenters. The van der Waals surface area contributed by atoms with Crippen molar-refractivity contribution >= 4 is 23.9 Å². The van der Waals surface area contributed by atoms with Gasteiger partial charge in [0.05, 0.1) is 6.10 Å². The first kappa shape index (κ1) is 28.5. The summed E-state index contributed by atoms with van der Waals surface area (Å²) in [5.41, 5.74) is -2.99. The zero-order valence-electron chi connectivity index (χ0n) is 23.3. The molecule has 38 heavy (non-hydrogen) atoms. The SMILES string of the molecule is CCCC(=O)O[C@H]1CC(OC(C)=O)[C@@]2(C)[C@H]([C@H]1C)[C@H](O)[C@]13O[C@@]1(C)C(=O)O[C@H]3/C=C(\C)CC[C@@H]2OC(C)=O. The van der Waals surface area contributed by atoms with Gasteiger partial charge in [0.2, 0.25) is 0 Å². The lowest BCUT2D eigenvalue weighted by molar-refractivity contribution is -0.230. The van der Waals surface area contributed by atoms with E-state index in [-0.39, 0.29) is 18.8 Å². The Morgan fingerprint density at radius 2 is 1.74 bits per heavy atom. The lowest BCUT2D eigenvalue weighted by Gasteiger charge is -2.56. The van der Waals surface area contributed by atoms with Crippen LogP contribution >= 0.6 is 0 Å². The molecule has 2 heterocycles. The molecule has 0 aromatic carbocycles. The van der Waals surface area contributed by atoms with Gasteiger partial charge < -0.3 is 28.8 Å². The Kier molecular flexibility index (Phi) is 7.46. The number of aliphatic hydroxyl groups is 1. The molecule has 212 valence electrons. The van der Waals surface area contributed by atoms with Gasteiger partial charge >= 0.3 is 23.9 Å². The normalized spacial score (nSPS) is 45.2. The Bertz CT molecular complexity index is 1040. The van der Waals surface area contributed by atoms with Gasteiger partial charge in [0.1, 0.15) is 18.3 Å². The van der Waals surface area contributed by atoms with E-state index in [0.29, 0.717) is 19.3 Å². The molecule has 0 bridgehead atoms. The van der Waals surface area contributed by atoms with Crippen LogP contribution in [0.4, 0.5) is 0 Å². The quantitative estimate of drug-likeness (QED) is 0.242. The molecule has 0 aromatic heterocycles. The summed E-state index contributed by atoms with van der Waals surface area (Å²) in [4.78, 5) is 50.1. The topological polar surface area (TPSA) is 138 Å². The lowest BCUT2D eigenvalue weighted by atomic mass is 9.53. The Labute approximate surface area is 223 Å². The number of ether oxygens (including phenoxy) is 5. The number of carbonyl (C=O) groups is 4. The number of allylic oxidation sites excluding steroid dienone is 1. The van der Waals surface area contributed by atoms with Gasteiger partial charge in [0.25, 0.3) is 0 Å². The van der Waals surface area contributed by atoms with Crippen molar-refractivity contribution in [2.45, 2.75) is 122 Å². The third-order valence-electron chi connectivity index (χ3n) is 9.20. The summed E-state index contributed by atoms with van der Waals surface area (Å²) >= 11 is 0. The summed E-state index contributed by atoms with van der Waals surface area (Å²) in [7, 11) is 0. The Morgan fingerprint density at radius 3 is 2.32 bits per heavy atom. The fraction of sp³-hybridized carbons (Fsp3) is 0.786. The Balaban J connectivity index is 1.89. The first-order chi connectivity index (χ1) is 17.7. The number of hydrogen-bond acceptors (Lipinski definition) is 10. The van der Waals surface area contributed by atoms with Gasteiger partial charge in [-0.1, -0.05) is 26.3 Å². The maximum absolute atomic E-state index is 12.9. The minimum Gasteiger partial charge on any atom is -0.462 e. The molecule has 10 heteroatoms.